The van der Waals surface area contributed by atoms with Crippen LogP contribution in [0.2, 0.25) is 5.02 Å². The molecule has 7 N–H and O–H groups in total. The van der Waals surface area contributed by atoms with Crippen LogP contribution in [-0.2, 0) is 20.7 Å². The quantitative estimate of drug-likeness (QED) is 0.125. The first-order valence-corrected chi connectivity index (χ1v) is 10.1. The number of halogens is 1. The van der Waals surface area contributed by atoms with Crippen molar-refractivity contribution in [3.8, 4) is 11.1 Å². The first kappa shape index (κ1) is 23.3. The number of benzene rings is 2. The van der Waals surface area contributed by atoms with E-state index in [0.717, 1.165) is 16.7 Å². The smallest absolute Gasteiger partial charge is 0.324 e. The first-order chi connectivity index (χ1) is 15.3. The maximum absolute atomic E-state index is 12.8. The van der Waals surface area contributed by atoms with Gasteiger partial charge in [0.1, 0.15) is 11.6 Å². The molecular weight excluding hydrogens is 434 g/mol. The Morgan fingerprint density at radius 2 is 1.88 bits per heavy atom. The second-order valence-electron chi connectivity index (χ2n) is 7.30. The number of ether oxygens (including phenoxy) is 1. The summed E-state index contributed by atoms with van der Waals surface area (Å²) in [6.45, 7) is 0. The molecule has 10 heteroatoms. The zero-order valence-corrected chi connectivity index (χ0v) is 18.0. The summed E-state index contributed by atoms with van der Waals surface area (Å²) in [7, 11) is 1.40. The Kier molecular flexibility index (Phi) is 7.14. The highest BCUT2D eigenvalue weighted by Gasteiger charge is 2.48. The zero-order chi connectivity index (χ0) is 23.3. The molecule has 2 aromatic rings. The van der Waals surface area contributed by atoms with Crippen LogP contribution >= 0.6 is 11.6 Å². The van der Waals surface area contributed by atoms with Gasteiger partial charge in [-0.15, -0.1) is 5.10 Å². The van der Waals surface area contributed by atoms with Gasteiger partial charge in [-0.05, 0) is 47.4 Å². The molecule has 1 aliphatic carbocycles. The van der Waals surface area contributed by atoms with Crippen molar-refractivity contribution < 1.29 is 19.4 Å². The minimum absolute atomic E-state index is 0.184. The number of nitrogens with two attached hydrogens (primary N) is 2. The molecule has 3 rings (SSSR count). The molecule has 0 saturated carbocycles. The number of guanidine groups is 1. The number of nitrogens with zero attached hydrogens (tertiary/aromatic N) is 1. The topological polar surface area (TPSA) is 152 Å². The standard InChI is InChI=1S/C22H24ClN5O4/c1-32-22(9-10-22)18(20(30)31)26-17(19(29)27-21(24)28-25)11-13-5-7-14(8-6-13)15-3-2-4-16(23)12-15/h2-10,12,17-18,26H,11,25H2,1H3,(H,30,31)(H3,24,27,28,29). The van der Waals surface area contributed by atoms with Crippen molar-refractivity contribution in [3.05, 3.63) is 71.3 Å². The monoisotopic (exact) mass is 457 g/mol. The summed E-state index contributed by atoms with van der Waals surface area (Å²) in [5.41, 5.74) is 7.13. The third kappa shape index (κ3) is 5.44. The number of aliphatic carboxylic acids is 1. The van der Waals surface area contributed by atoms with Crippen LogP contribution in [0.1, 0.15) is 5.56 Å². The van der Waals surface area contributed by atoms with E-state index in [2.05, 4.69) is 15.7 Å². The van der Waals surface area contributed by atoms with E-state index < -0.39 is 29.6 Å². The Morgan fingerprint density at radius 3 is 2.41 bits per heavy atom. The number of hydrogen-bond acceptors (Lipinski definition) is 6. The number of carbonyl (C=O) groups excluding carboxylic acids is 1. The van der Waals surface area contributed by atoms with Crippen LogP contribution in [0.4, 0.5) is 0 Å². The van der Waals surface area contributed by atoms with E-state index in [0.29, 0.717) is 5.02 Å². The lowest BCUT2D eigenvalue weighted by Gasteiger charge is -2.28. The maximum Gasteiger partial charge on any atom is 0.324 e. The number of nitrogens with one attached hydrogen (secondary N) is 2. The molecule has 1 amide bonds. The van der Waals surface area contributed by atoms with Crippen LogP contribution in [0.3, 0.4) is 0 Å². The number of methoxy groups -OCH3 is 1. The van der Waals surface area contributed by atoms with E-state index in [9.17, 15) is 14.7 Å². The number of carboxylic acid groups (broad SMARTS) is 1. The third-order valence-electron chi connectivity index (χ3n) is 5.17. The van der Waals surface area contributed by atoms with Gasteiger partial charge in [-0.1, -0.05) is 48.0 Å². The number of hydrogen-bond donors (Lipinski definition) is 5. The molecule has 0 heterocycles. The summed E-state index contributed by atoms with van der Waals surface area (Å²) in [5, 5.41) is 18.8. The summed E-state index contributed by atoms with van der Waals surface area (Å²) in [5.74, 6) is 3.08. The minimum Gasteiger partial charge on any atom is -0.480 e. The summed E-state index contributed by atoms with van der Waals surface area (Å²) in [6.07, 6.45) is 3.41. The van der Waals surface area contributed by atoms with Gasteiger partial charge in [-0.25, -0.2) is 0 Å². The van der Waals surface area contributed by atoms with Gasteiger partial charge in [0.05, 0.1) is 6.04 Å². The SMILES string of the molecule is COC1(C(NC(Cc2ccc(-c3cccc(Cl)c3)cc2)C(=O)N/C(N)=N\N)C(=O)O)C=C1. The van der Waals surface area contributed by atoms with E-state index in [4.69, 9.17) is 27.9 Å². The Hall–Kier alpha value is -3.40. The van der Waals surface area contributed by atoms with E-state index in [1.807, 2.05) is 42.5 Å². The Labute approximate surface area is 190 Å². The van der Waals surface area contributed by atoms with Crippen LogP contribution in [0, 0.1) is 0 Å². The maximum atomic E-state index is 12.8. The second-order valence-corrected chi connectivity index (χ2v) is 7.73. The van der Waals surface area contributed by atoms with Gasteiger partial charge in [0.15, 0.2) is 0 Å². The minimum atomic E-state index is -1.18. The van der Waals surface area contributed by atoms with Gasteiger partial charge in [0.2, 0.25) is 11.9 Å². The van der Waals surface area contributed by atoms with Crippen molar-refractivity contribution >= 4 is 29.4 Å². The molecule has 0 radical (unpaired) electrons. The van der Waals surface area contributed by atoms with Crippen molar-refractivity contribution in [2.45, 2.75) is 24.1 Å². The lowest BCUT2D eigenvalue weighted by atomic mass is 9.98. The molecular formula is C22H24ClN5O4. The van der Waals surface area contributed by atoms with Gasteiger partial charge in [0.25, 0.3) is 0 Å². The van der Waals surface area contributed by atoms with Crippen molar-refractivity contribution in [1.29, 1.82) is 0 Å². The molecule has 1 aliphatic rings. The highest BCUT2D eigenvalue weighted by atomic mass is 35.5. The average molecular weight is 458 g/mol. The summed E-state index contributed by atoms with van der Waals surface area (Å²) in [4.78, 5) is 24.6. The lowest BCUT2D eigenvalue weighted by Crippen LogP contribution is -2.59. The Morgan fingerprint density at radius 1 is 1.19 bits per heavy atom. The Bertz CT molecular complexity index is 1050. The van der Waals surface area contributed by atoms with Gasteiger partial charge >= 0.3 is 5.97 Å². The van der Waals surface area contributed by atoms with Crippen molar-refractivity contribution in [3.63, 3.8) is 0 Å². The highest BCUT2D eigenvalue weighted by Crippen LogP contribution is 2.32. The van der Waals surface area contributed by atoms with E-state index in [-0.39, 0.29) is 12.4 Å². The first-order valence-electron chi connectivity index (χ1n) is 9.71. The second kappa shape index (κ2) is 9.82. The summed E-state index contributed by atoms with van der Waals surface area (Å²) < 4.78 is 5.31. The number of carbonyl (C=O) groups is 2. The van der Waals surface area contributed by atoms with E-state index >= 15 is 0 Å². The zero-order valence-electron chi connectivity index (χ0n) is 17.3. The predicted octanol–water partition coefficient (Wildman–Crippen LogP) is 1.22. The molecule has 0 bridgehead atoms. The fraction of sp³-hybridized carbons (Fsp3) is 0.227. The molecule has 2 atom stereocenters. The predicted molar refractivity (Wildman–Crippen MR) is 122 cm³/mol. The van der Waals surface area contributed by atoms with Crippen LogP contribution in [0.15, 0.2) is 65.8 Å². The van der Waals surface area contributed by atoms with Crippen LogP contribution in [-0.4, -0.2) is 47.7 Å². The van der Waals surface area contributed by atoms with Crippen LogP contribution in [0.25, 0.3) is 11.1 Å². The number of amides is 1. The molecule has 0 aliphatic heterocycles. The third-order valence-corrected chi connectivity index (χ3v) is 5.41. The summed E-state index contributed by atoms with van der Waals surface area (Å²) >= 11 is 6.07. The number of hydrazone groups is 1. The van der Waals surface area contributed by atoms with Crippen LogP contribution in [0.5, 0.6) is 0 Å². The fourth-order valence-corrected chi connectivity index (χ4v) is 3.52. The van der Waals surface area contributed by atoms with Gasteiger partial charge in [-0.3, -0.25) is 20.2 Å². The van der Waals surface area contributed by atoms with Crippen molar-refractivity contribution in [2.75, 3.05) is 7.11 Å². The number of carboxylic acids is 1. The molecule has 2 aromatic carbocycles. The molecule has 0 saturated heterocycles. The highest BCUT2D eigenvalue weighted by molar-refractivity contribution is 6.30. The molecule has 0 fully saturated rings. The van der Waals surface area contributed by atoms with Gasteiger partial charge < -0.3 is 21.4 Å². The molecule has 168 valence electrons. The normalized spacial score (nSPS) is 16.2. The molecule has 9 nitrogen and oxygen atoms in total. The van der Waals surface area contributed by atoms with Crippen molar-refractivity contribution in [1.82, 2.24) is 10.6 Å². The van der Waals surface area contributed by atoms with Gasteiger partial charge in [0, 0.05) is 12.1 Å². The van der Waals surface area contributed by atoms with E-state index in [1.54, 1.807) is 18.2 Å². The Balaban J connectivity index is 1.81. The van der Waals surface area contributed by atoms with Crippen molar-refractivity contribution in [2.24, 2.45) is 16.7 Å². The molecule has 0 aromatic heterocycles. The fourth-order valence-electron chi connectivity index (χ4n) is 3.33. The van der Waals surface area contributed by atoms with Crippen LogP contribution < -0.4 is 22.2 Å². The number of rotatable bonds is 9. The molecule has 32 heavy (non-hydrogen) atoms. The summed E-state index contributed by atoms with van der Waals surface area (Å²) in [6, 6.07) is 12.8. The average Bonchev–Trinajstić information content (AvgIpc) is 3.57. The largest absolute Gasteiger partial charge is 0.480 e. The lowest BCUT2D eigenvalue weighted by molar-refractivity contribution is -0.144. The molecule has 2 unspecified atom stereocenters. The van der Waals surface area contributed by atoms with E-state index in [1.165, 1.54) is 7.11 Å². The molecule has 0 spiro atoms. The van der Waals surface area contributed by atoms with Gasteiger partial charge in [-0.2, -0.15) is 0 Å².